The Morgan fingerprint density at radius 1 is 1.00 bits per heavy atom. The van der Waals surface area contributed by atoms with Gasteiger partial charge in [0.1, 0.15) is 17.3 Å². The van der Waals surface area contributed by atoms with E-state index in [4.69, 9.17) is 0 Å². The molecule has 3 rings (SSSR count). The lowest BCUT2D eigenvalue weighted by atomic mass is 10.2. The second kappa shape index (κ2) is 5.48. The molecule has 0 fully saturated rings. The Morgan fingerprint density at radius 2 is 1.82 bits per heavy atom. The van der Waals surface area contributed by atoms with E-state index in [0.717, 1.165) is 12.1 Å². The molecule has 1 N–H and O–H groups in total. The van der Waals surface area contributed by atoms with Crippen LogP contribution in [0.2, 0.25) is 0 Å². The number of hydrogen-bond acceptors (Lipinski definition) is 2. The summed E-state index contributed by atoms with van der Waals surface area (Å²) >= 11 is 0. The molecule has 6 heteroatoms. The number of amides is 1. The third kappa shape index (κ3) is 2.76. The minimum absolute atomic E-state index is 0.0605. The fourth-order valence-corrected chi connectivity index (χ4v) is 2.00. The number of aliphatic imine (C=N–C) groups is 1. The minimum atomic E-state index is -1.03. The molecule has 0 radical (unpaired) electrons. The number of benzene rings is 2. The largest absolute Gasteiger partial charge is 0.305 e. The summed E-state index contributed by atoms with van der Waals surface area (Å²) in [5, 5.41) is 2.46. The van der Waals surface area contributed by atoms with E-state index < -0.39 is 23.4 Å². The van der Waals surface area contributed by atoms with E-state index in [1.54, 1.807) is 6.07 Å². The monoisotopic (exact) mass is 302 g/mol. The fraction of sp³-hybridized carbons (Fsp3) is 0. The van der Waals surface area contributed by atoms with Crippen molar-refractivity contribution in [3.63, 3.8) is 0 Å². The summed E-state index contributed by atoms with van der Waals surface area (Å²) in [5.41, 5.74) is 0.778. The molecule has 1 heterocycles. The number of carbonyl (C=O) groups excluding carboxylic acids is 1. The van der Waals surface area contributed by atoms with Gasteiger partial charge in [-0.25, -0.2) is 18.2 Å². The average molecular weight is 302 g/mol. The van der Waals surface area contributed by atoms with Crippen molar-refractivity contribution < 1.29 is 18.0 Å². The number of amidine groups is 1. The van der Waals surface area contributed by atoms with E-state index in [0.29, 0.717) is 5.56 Å². The zero-order chi connectivity index (χ0) is 15.7. The van der Waals surface area contributed by atoms with Crippen molar-refractivity contribution in [2.75, 3.05) is 0 Å². The molecular weight excluding hydrogens is 293 g/mol. The van der Waals surface area contributed by atoms with E-state index in [9.17, 15) is 18.0 Å². The number of carbonyl (C=O) groups is 1. The van der Waals surface area contributed by atoms with Gasteiger partial charge >= 0.3 is 0 Å². The Hall–Kier alpha value is -2.89. The van der Waals surface area contributed by atoms with E-state index in [1.807, 2.05) is 0 Å². The predicted octanol–water partition coefficient (Wildman–Crippen LogP) is 3.02. The Morgan fingerprint density at radius 3 is 2.55 bits per heavy atom. The van der Waals surface area contributed by atoms with Crippen molar-refractivity contribution in [2.24, 2.45) is 4.99 Å². The Labute approximate surface area is 123 Å². The Balaban J connectivity index is 1.96. The Kier molecular flexibility index (Phi) is 3.50. The zero-order valence-electron chi connectivity index (χ0n) is 11.1. The highest BCUT2D eigenvalue weighted by atomic mass is 19.2. The van der Waals surface area contributed by atoms with Crippen LogP contribution in [0.15, 0.2) is 53.2 Å². The molecule has 22 heavy (non-hydrogen) atoms. The molecule has 1 aliphatic rings. The van der Waals surface area contributed by atoms with Crippen molar-refractivity contribution in [1.29, 1.82) is 0 Å². The van der Waals surface area contributed by atoms with Gasteiger partial charge in [0.25, 0.3) is 5.91 Å². The quantitative estimate of drug-likeness (QED) is 0.851. The molecule has 0 saturated heterocycles. The van der Waals surface area contributed by atoms with Gasteiger partial charge in [0.2, 0.25) is 0 Å². The summed E-state index contributed by atoms with van der Waals surface area (Å²) in [7, 11) is 0. The van der Waals surface area contributed by atoms with Gasteiger partial charge in [-0.3, -0.25) is 4.79 Å². The van der Waals surface area contributed by atoms with Crippen LogP contribution >= 0.6 is 0 Å². The lowest BCUT2D eigenvalue weighted by Crippen LogP contribution is -2.24. The number of rotatable bonds is 2. The van der Waals surface area contributed by atoms with E-state index in [-0.39, 0.29) is 17.1 Å². The molecule has 0 spiro atoms. The summed E-state index contributed by atoms with van der Waals surface area (Å²) < 4.78 is 39.3. The SMILES string of the molecule is O=C1NC(c2ccc(F)c(F)c2)=N/C1=C/c1cccc(F)c1. The van der Waals surface area contributed by atoms with Crippen LogP contribution in [0.3, 0.4) is 0 Å². The van der Waals surface area contributed by atoms with Crippen molar-refractivity contribution in [3.8, 4) is 0 Å². The average Bonchev–Trinajstić information content (AvgIpc) is 2.83. The summed E-state index contributed by atoms with van der Waals surface area (Å²) in [6.45, 7) is 0. The first-order valence-corrected chi connectivity index (χ1v) is 6.36. The van der Waals surface area contributed by atoms with Gasteiger partial charge in [-0.05, 0) is 42.0 Å². The number of nitrogens with one attached hydrogen (secondary N) is 1. The maximum absolute atomic E-state index is 13.2. The minimum Gasteiger partial charge on any atom is -0.305 e. The number of nitrogens with zero attached hydrogens (tertiary/aromatic N) is 1. The topological polar surface area (TPSA) is 41.5 Å². The molecular formula is C16H9F3N2O. The molecule has 2 aromatic carbocycles. The predicted molar refractivity (Wildman–Crippen MR) is 75.4 cm³/mol. The smallest absolute Gasteiger partial charge is 0.275 e. The lowest BCUT2D eigenvalue weighted by molar-refractivity contribution is -0.115. The second-order valence-electron chi connectivity index (χ2n) is 4.63. The van der Waals surface area contributed by atoms with Crippen LogP contribution in [0.5, 0.6) is 0 Å². The number of hydrogen-bond donors (Lipinski definition) is 1. The maximum Gasteiger partial charge on any atom is 0.275 e. The first-order chi connectivity index (χ1) is 10.5. The van der Waals surface area contributed by atoms with Crippen LogP contribution in [0.25, 0.3) is 6.08 Å². The molecule has 0 atom stereocenters. The van der Waals surface area contributed by atoms with Crippen LogP contribution in [-0.2, 0) is 4.79 Å². The van der Waals surface area contributed by atoms with Crippen LogP contribution in [0, 0.1) is 17.5 Å². The van der Waals surface area contributed by atoms with E-state index in [1.165, 1.54) is 30.3 Å². The maximum atomic E-state index is 13.2. The number of halogens is 3. The van der Waals surface area contributed by atoms with Crippen molar-refractivity contribution >= 4 is 17.8 Å². The van der Waals surface area contributed by atoms with Crippen molar-refractivity contribution in [2.45, 2.75) is 0 Å². The van der Waals surface area contributed by atoms with Crippen LogP contribution in [0.1, 0.15) is 11.1 Å². The second-order valence-corrected chi connectivity index (χ2v) is 4.63. The van der Waals surface area contributed by atoms with Gasteiger partial charge in [0.15, 0.2) is 11.6 Å². The van der Waals surface area contributed by atoms with Crippen LogP contribution in [-0.4, -0.2) is 11.7 Å². The third-order valence-electron chi connectivity index (χ3n) is 3.04. The van der Waals surface area contributed by atoms with Gasteiger partial charge < -0.3 is 5.32 Å². The van der Waals surface area contributed by atoms with E-state index in [2.05, 4.69) is 10.3 Å². The summed E-state index contributed by atoms with van der Waals surface area (Å²) in [4.78, 5) is 15.9. The first kappa shape index (κ1) is 14.1. The van der Waals surface area contributed by atoms with Gasteiger partial charge in [-0.15, -0.1) is 0 Å². The molecule has 3 nitrogen and oxygen atoms in total. The van der Waals surface area contributed by atoms with E-state index >= 15 is 0 Å². The standard InChI is InChI=1S/C16H9F3N2O/c17-11-3-1-2-9(6-11)7-14-16(22)21-15(20-14)10-4-5-12(18)13(19)8-10/h1-8H,(H,20,21,22)/b14-7+. The molecule has 0 aliphatic carbocycles. The van der Waals surface area contributed by atoms with Crippen LogP contribution in [0.4, 0.5) is 13.2 Å². The third-order valence-corrected chi connectivity index (χ3v) is 3.04. The molecule has 1 amide bonds. The fourth-order valence-electron chi connectivity index (χ4n) is 2.00. The highest BCUT2D eigenvalue weighted by molar-refractivity contribution is 6.19. The molecule has 0 bridgehead atoms. The van der Waals surface area contributed by atoms with Gasteiger partial charge in [0.05, 0.1) is 0 Å². The molecule has 0 aromatic heterocycles. The Bertz CT molecular complexity index is 828. The molecule has 0 saturated carbocycles. The molecule has 110 valence electrons. The van der Waals surface area contributed by atoms with Crippen molar-refractivity contribution in [1.82, 2.24) is 5.32 Å². The van der Waals surface area contributed by atoms with Gasteiger partial charge in [-0.1, -0.05) is 12.1 Å². The van der Waals surface area contributed by atoms with Gasteiger partial charge in [-0.2, -0.15) is 0 Å². The van der Waals surface area contributed by atoms with Crippen molar-refractivity contribution in [3.05, 3.63) is 76.7 Å². The summed E-state index contributed by atoms with van der Waals surface area (Å²) in [6, 6.07) is 8.87. The first-order valence-electron chi connectivity index (χ1n) is 6.36. The molecule has 0 unspecified atom stereocenters. The van der Waals surface area contributed by atoms with Gasteiger partial charge in [0, 0.05) is 5.56 Å². The highest BCUT2D eigenvalue weighted by Crippen LogP contribution is 2.17. The normalized spacial score (nSPS) is 15.9. The zero-order valence-corrected chi connectivity index (χ0v) is 11.1. The molecule has 1 aliphatic heterocycles. The highest BCUT2D eigenvalue weighted by Gasteiger charge is 2.21. The van der Waals surface area contributed by atoms with Crippen LogP contribution < -0.4 is 5.32 Å². The molecule has 2 aromatic rings. The summed E-state index contributed by atoms with van der Waals surface area (Å²) in [5.74, 6) is -2.82. The summed E-state index contributed by atoms with van der Waals surface area (Å²) in [6.07, 6.45) is 1.41. The lowest BCUT2D eigenvalue weighted by Gasteiger charge is -2.00.